The predicted molar refractivity (Wildman–Crippen MR) is 43.8 cm³/mol. The highest BCUT2D eigenvalue weighted by atomic mass is 16.6. The molecule has 1 rings (SSSR count). The lowest BCUT2D eigenvalue weighted by atomic mass is 9.86. The molecule has 0 aromatic heterocycles. The van der Waals surface area contributed by atoms with Gasteiger partial charge in [0.2, 0.25) is 0 Å². The van der Waals surface area contributed by atoms with Crippen LogP contribution in [-0.4, -0.2) is 51.1 Å². The zero-order valence-corrected chi connectivity index (χ0v) is 7.71. The van der Waals surface area contributed by atoms with Crippen molar-refractivity contribution in [3.8, 4) is 0 Å². The first-order chi connectivity index (χ1) is 5.90. The summed E-state index contributed by atoms with van der Waals surface area (Å²) >= 11 is 0. The van der Waals surface area contributed by atoms with Crippen LogP contribution in [0.5, 0.6) is 0 Å². The van der Waals surface area contributed by atoms with Gasteiger partial charge < -0.3 is 25.2 Å². The molecule has 0 spiro atoms. The van der Waals surface area contributed by atoms with E-state index < -0.39 is 36.6 Å². The molecular formula is C8H16O5. The van der Waals surface area contributed by atoms with Crippen LogP contribution in [0.3, 0.4) is 0 Å². The van der Waals surface area contributed by atoms with Gasteiger partial charge in [-0.1, -0.05) is 6.92 Å². The van der Waals surface area contributed by atoms with E-state index in [9.17, 15) is 15.3 Å². The molecule has 5 nitrogen and oxygen atoms in total. The third-order valence-electron chi connectivity index (χ3n) is 2.66. The van der Waals surface area contributed by atoms with E-state index in [1.807, 2.05) is 0 Å². The Morgan fingerprint density at radius 3 is 2.31 bits per heavy atom. The van der Waals surface area contributed by atoms with E-state index in [0.29, 0.717) is 0 Å². The van der Waals surface area contributed by atoms with E-state index in [-0.39, 0.29) is 0 Å². The number of hydrogen-bond acceptors (Lipinski definition) is 5. The topological polar surface area (TPSA) is 90.2 Å². The molecule has 0 aliphatic carbocycles. The fourth-order valence-electron chi connectivity index (χ4n) is 1.46. The highest BCUT2D eigenvalue weighted by Gasteiger charge is 2.47. The summed E-state index contributed by atoms with van der Waals surface area (Å²) in [6, 6.07) is 0. The van der Waals surface area contributed by atoms with Crippen LogP contribution in [0.25, 0.3) is 0 Å². The van der Waals surface area contributed by atoms with E-state index in [2.05, 4.69) is 0 Å². The van der Waals surface area contributed by atoms with Crippen LogP contribution in [-0.2, 0) is 4.74 Å². The van der Waals surface area contributed by atoms with Crippen LogP contribution in [0.2, 0.25) is 0 Å². The number of ether oxygens (including phenoxy) is 1. The fraction of sp³-hybridized carbons (Fsp3) is 1.00. The van der Waals surface area contributed by atoms with Gasteiger partial charge in [0.1, 0.15) is 12.2 Å². The molecule has 5 heteroatoms. The summed E-state index contributed by atoms with van der Waals surface area (Å²) in [5.41, 5.74) is 0. The van der Waals surface area contributed by atoms with Crippen LogP contribution < -0.4 is 0 Å². The third kappa shape index (κ3) is 1.84. The maximum Gasteiger partial charge on any atom is 0.168 e. The SMILES string of the molecule is CC1[C@@H](O)[C@@H](O)C(CO)O[C@]1(C)O. The second kappa shape index (κ2) is 3.51. The van der Waals surface area contributed by atoms with E-state index in [1.54, 1.807) is 6.92 Å². The monoisotopic (exact) mass is 192 g/mol. The molecule has 1 heterocycles. The highest BCUT2D eigenvalue weighted by molar-refractivity contribution is 4.91. The first kappa shape index (κ1) is 10.9. The quantitative estimate of drug-likeness (QED) is 0.403. The molecule has 0 saturated carbocycles. The summed E-state index contributed by atoms with van der Waals surface area (Å²) in [7, 11) is 0. The third-order valence-corrected chi connectivity index (χ3v) is 2.66. The number of aliphatic hydroxyl groups excluding tert-OH is 3. The van der Waals surface area contributed by atoms with E-state index in [1.165, 1.54) is 6.92 Å². The van der Waals surface area contributed by atoms with Gasteiger partial charge in [-0.15, -0.1) is 0 Å². The molecule has 13 heavy (non-hydrogen) atoms. The van der Waals surface area contributed by atoms with E-state index in [0.717, 1.165) is 0 Å². The molecule has 5 atom stereocenters. The van der Waals surface area contributed by atoms with Gasteiger partial charge in [-0.05, 0) is 6.92 Å². The van der Waals surface area contributed by atoms with Gasteiger partial charge in [-0.2, -0.15) is 0 Å². The van der Waals surface area contributed by atoms with Crippen molar-refractivity contribution in [1.82, 2.24) is 0 Å². The predicted octanol–water partition coefficient (Wildman–Crippen LogP) is -1.56. The van der Waals surface area contributed by atoms with Gasteiger partial charge in [0, 0.05) is 5.92 Å². The Bertz CT molecular complexity index is 179. The fourth-order valence-corrected chi connectivity index (χ4v) is 1.46. The zero-order chi connectivity index (χ0) is 10.2. The first-order valence-corrected chi connectivity index (χ1v) is 4.27. The minimum absolute atomic E-state index is 0.429. The molecule has 2 unspecified atom stereocenters. The maximum atomic E-state index is 9.63. The summed E-state index contributed by atoms with van der Waals surface area (Å²) < 4.78 is 5.01. The van der Waals surface area contributed by atoms with Crippen molar-refractivity contribution < 1.29 is 25.2 Å². The van der Waals surface area contributed by atoms with Crippen molar-refractivity contribution in [2.24, 2.45) is 5.92 Å². The second-order valence-corrected chi connectivity index (χ2v) is 3.66. The Morgan fingerprint density at radius 1 is 1.31 bits per heavy atom. The molecular weight excluding hydrogens is 176 g/mol. The molecule has 0 aromatic carbocycles. The Kier molecular flexibility index (Phi) is 2.94. The number of rotatable bonds is 1. The molecule has 1 fully saturated rings. The molecule has 0 aromatic rings. The number of hydrogen-bond donors (Lipinski definition) is 4. The van der Waals surface area contributed by atoms with Gasteiger partial charge in [-0.3, -0.25) is 0 Å². The molecule has 0 amide bonds. The van der Waals surface area contributed by atoms with Crippen molar-refractivity contribution in [3.63, 3.8) is 0 Å². The van der Waals surface area contributed by atoms with Crippen molar-refractivity contribution in [2.45, 2.75) is 37.9 Å². The van der Waals surface area contributed by atoms with Crippen molar-refractivity contribution in [1.29, 1.82) is 0 Å². The average Bonchev–Trinajstić information content (AvgIpc) is 2.08. The summed E-state index contributed by atoms with van der Waals surface area (Å²) in [6.07, 6.45) is -3.16. The molecule has 78 valence electrons. The minimum atomic E-state index is -1.51. The maximum absolute atomic E-state index is 9.63. The lowest BCUT2D eigenvalue weighted by Gasteiger charge is -2.44. The Balaban J connectivity index is 2.79. The summed E-state index contributed by atoms with van der Waals surface area (Å²) in [5, 5.41) is 37.3. The standard InChI is InChI=1S/C8H16O5/c1-4-6(10)7(11)5(3-9)13-8(4,2)12/h4-7,9-12H,3H2,1-2H3/t4?,5?,6-,7+,8+/m1/s1. The highest BCUT2D eigenvalue weighted by Crippen LogP contribution is 2.32. The van der Waals surface area contributed by atoms with E-state index >= 15 is 0 Å². The lowest BCUT2D eigenvalue weighted by Crippen LogP contribution is -2.59. The van der Waals surface area contributed by atoms with Gasteiger partial charge in [-0.25, -0.2) is 0 Å². The minimum Gasteiger partial charge on any atom is -0.394 e. The van der Waals surface area contributed by atoms with Crippen LogP contribution in [0.15, 0.2) is 0 Å². The second-order valence-electron chi connectivity index (χ2n) is 3.66. The lowest BCUT2D eigenvalue weighted by molar-refractivity contribution is -0.323. The van der Waals surface area contributed by atoms with Gasteiger partial charge >= 0.3 is 0 Å². The van der Waals surface area contributed by atoms with Crippen LogP contribution in [0.1, 0.15) is 13.8 Å². The van der Waals surface area contributed by atoms with Crippen molar-refractivity contribution in [3.05, 3.63) is 0 Å². The summed E-state index contributed by atoms with van der Waals surface area (Å²) in [5.74, 6) is -2.10. The van der Waals surface area contributed by atoms with E-state index in [4.69, 9.17) is 9.84 Å². The Morgan fingerprint density at radius 2 is 1.85 bits per heavy atom. The summed E-state index contributed by atoms with van der Waals surface area (Å²) in [4.78, 5) is 0. The van der Waals surface area contributed by atoms with Crippen molar-refractivity contribution >= 4 is 0 Å². The molecule has 1 saturated heterocycles. The van der Waals surface area contributed by atoms with Crippen LogP contribution in [0.4, 0.5) is 0 Å². The molecule has 4 N–H and O–H groups in total. The summed E-state index contributed by atoms with van der Waals surface area (Å²) in [6.45, 7) is 2.54. The van der Waals surface area contributed by atoms with Crippen LogP contribution in [0, 0.1) is 5.92 Å². The average molecular weight is 192 g/mol. The normalized spacial score (nSPS) is 52.2. The van der Waals surface area contributed by atoms with Gasteiger partial charge in [0.05, 0.1) is 12.7 Å². The van der Waals surface area contributed by atoms with Crippen LogP contribution >= 0.6 is 0 Å². The van der Waals surface area contributed by atoms with Crippen molar-refractivity contribution in [2.75, 3.05) is 6.61 Å². The Labute approximate surface area is 76.6 Å². The largest absolute Gasteiger partial charge is 0.394 e. The van der Waals surface area contributed by atoms with Gasteiger partial charge in [0.15, 0.2) is 5.79 Å². The molecule has 1 aliphatic rings. The molecule has 0 radical (unpaired) electrons. The number of aliphatic hydroxyl groups is 4. The molecule has 1 aliphatic heterocycles. The smallest absolute Gasteiger partial charge is 0.168 e. The van der Waals surface area contributed by atoms with Gasteiger partial charge in [0.25, 0.3) is 0 Å². The Hall–Kier alpha value is -0.200. The zero-order valence-electron chi connectivity index (χ0n) is 7.71. The first-order valence-electron chi connectivity index (χ1n) is 4.27. The molecule has 0 bridgehead atoms.